The Morgan fingerprint density at radius 1 is 1.04 bits per heavy atom. The van der Waals surface area contributed by atoms with Gasteiger partial charge in [-0.05, 0) is 99.7 Å². The van der Waals surface area contributed by atoms with Gasteiger partial charge in [-0.2, -0.15) is 0 Å². The molecule has 0 radical (unpaired) electrons. The van der Waals surface area contributed by atoms with Crippen LogP contribution in [0.2, 0.25) is 0 Å². The first-order valence-electron chi connectivity index (χ1n) is 10.2. The zero-order chi connectivity index (χ0) is 17.1. The monoisotopic (exact) mass is 336 g/mol. The van der Waals surface area contributed by atoms with E-state index in [-0.39, 0.29) is 11.3 Å². The van der Waals surface area contributed by atoms with Gasteiger partial charge in [-0.15, -0.1) is 0 Å². The number of ketones is 1. The molecule has 8 atom stereocenters. The highest BCUT2D eigenvalue weighted by molar-refractivity contribution is 5.79. The first-order valence-corrected chi connectivity index (χ1v) is 10.2. The van der Waals surface area contributed by atoms with Gasteiger partial charge in [0.05, 0.1) is 5.60 Å². The summed E-state index contributed by atoms with van der Waals surface area (Å²) in [5.41, 5.74) is -0.807. The predicted octanol–water partition coefficient (Wildman–Crippen LogP) is 4.54. The predicted molar refractivity (Wildman–Crippen MR) is 92.2 cm³/mol. The Morgan fingerprint density at radius 2 is 1.79 bits per heavy atom. The average Bonchev–Trinajstić information content (AvgIpc) is 2.91. The van der Waals surface area contributed by atoms with Gasteiger partial charge in [-0.1, -0.05) is 6.92 Å². The number of hydrogen-bond acceptors (Lipinski definition) is 2. The van der Waals surface area contributed by atoms with Gasteiger partial charge >= 0.3 is 0 Å². The molecule has 2 nitrogen and oxygen atoms in total. The van der Waals surface area contributed by atoms with E-state index in [0.29, 0.717) is 36.4 Å². The summed E-state index contributed by atoms with van der Waals surface area (Å²) in [4.78, 5) is 12.1. The fourth-order valence-electron chi connectivity index (χ4n) is 7.75. The summed E-state index contributed by atoms with van der Waals surface area (Å²) < 4.78 is 13.2. The maximum Gasteiger partial charge on any atom is 0.133 e. The van der Waals surface area contributed by atoms with Gasteiger partial charge in [-0.3, -0.25) is 4.79 Å². The second-order valence-electron chi connectivity index (χ2n) is 9.82. The minimum absolute atomic E-state index is 0.230. The van der Waals surface area contributed by atoms with Crippen LogP contribution >= 0.6 is 0 Å². The molecule has 0 aromatic heterocycles. The van der Waals surface area contributed by atoms with Crippen molar-refractivity contribution in [1.82, 2.24) is 0 Å². The molecule has 136 valence electrons. The van der Waals surface area contributed by atoms with E-state index >= 15 is 0 Å². The lowest BCUT2D eigenvalue weighted by Gasteiger charge is -2.56. The molecule has 24 heavy (non-hydrogen) atoms. The van der Waals surface area contributed by atoms with E-state index in [1.807, 2.05) is 0 Å². The molecule has 4 saturated carbocycles. The van der Waals surface area contributed by atoms with Crippen molar-refractivity contribution in [2.45, 2.75) is 77.2 Å². The number of halogens is 1. The van der Waals surface area contributed by atoms with E-state index in [4.69, 9.17) is 0 Å². The number of rotatable bonds is 2. The normalized spacial score (nSPS) is 53.8. The van der Waals surface area contributed by atoms with Crippen molar-refractivity contribution in [2.75, 3.05) is 6.67 Å². The molecule has 1 N–H and O–H groups in total. The number of carbonyl (C=O) groups excluding carboxylic acids is 1. The zero-order valence-electron chi connectivity index (χ0n) is 15.3. The van der Waals surface area contributed by atoms with Crippen molar-refractivity contribution < 1.29 is 14.3 Å². The van der Waals surface area contributed by atoms with Gasteiger partial charge in [0.2, 0.25) is 0 Å². The SMILES string of the molecule is CC(=O)[C@H]1CC[C@H]2[C@@H]3CC[C@H]4C[C@@](O)(CF)CC[C@@H]4[C@H]3CC[C@]12C. The van der Waals surface area contributed by atoms with Gasteiger partial charge in [0.1, 0.15) is 12.5 Å². The number of carbonyl (C=O) groups is 1. The van der Waals surface area contributed by atoms with Crippen LogP contribution in [-0.4, -0.2) is 23.2 Å². The summed E-state index contributed by atoms with van der Waals surface area (Å²) >= 11 is 0. The molecule has 3 heteroatoms. The molecule has 4 aliphatic rings. The lowest BCUT2D eigenvalue weighted by Crippen LogP contribution is -2.51. The molecular formula is C21H33FO2. The van der Waals surface area contributed by atoms with E-state index in [1.165, 1.54) is 25.7 Å². The summed E-state index contributed by atoms with van der Waals surface area (Å²) in [6.45, 7) is 3.60. The Balaban J connectivity index is 1.54. The van der Waals surface area contributed by atoms with E-state index in [0.717, 1.165) is 31.1 Å². The molecule has 0 unspecified atom stereocenters. The Kier molecular flexibility index (Phi) is 4.10. The van der Waals surface area contributed by atoms with Gasteiger partial charge in [0.25, 0.3) is 0 Å². The topological polar surface area (TPSA) is 37.3 Å². The van der Waals surface area contributed by atoms with Crippen molar-refractivity contribution in [3.8, 4) is 0 Å². The van der Waals surface area contributed by atoms with E-state index in [9.17, 15) is 14.3 Å². The molecular weight excluding hydrogens is 303 g/mol. The quantitative estimate of drug-likeness (QED) is 0.803. The number of Topliss-reactive ketones (excluding diaryl/α,β-unsaturated/α-hetero) is 1. The van der Waals surface area contributed by atoms with Crippen LogP contribution in [0.3, 0.4) is 0 Å². The van der Waals surface area contributed by atoms with Crippen LogP contribution in [0.25, 0.3) is 0 Å². The molecule has 0 aromatic carbocycles. The molecule has 0 amide bonds. The molecule has 0 bridgehead atoms. The fourth-order valence-corrected chi connectivity index (χ4v) is 7.75. The lowest BCUT2D eigenvalue weighted by atomic mass is 9.49. The third kappa shape index (κ3) is 2.40. The highest BCUT2D eigenvalue weighted by Gasteiger charge is 2.58. The molecule has 0 saturated heterocycles. The van der Waals surface area contributed by atoms with Crippen LogP contribution in [0.15, 0.2) is 0 Å². The summed E-state index contributed by atoms with van der Waals surface area (Å²) in [6.07, 6.45) is 9.48. The smallest absolute Gasteiger partial charge is 0.133 e. The largest absolute Gasteiger partial charge is 0.387 e. The molecule has 4 fully saturated rings. The fraction of sp³-hybridized carbons (Fsp3) is 0.952. The van der Waals surface area contributed by atoms with Gasteiger partial charge in [0, 0.05) is 5.92 Å². The standard InChI is InChI=1S/C21H33FO2/c1-13(23)18-5-6-19-17-4-3-14-11-21(24,12-22)10-8-15(14)16(17)7-9-20(18,19)2/h14-19,24H,3-12H2,1-2H3/t14-,15-,16+,17+,18+,19-,20+,21+/m0/s1. The molecule has 0 heterocycles. The lowest BCUT2D eigenvalue weighted by molar-refractivity contribution is -0.131. The second-order valence-corrected chi connectivity index (χ2v) is 9.82. The Morgan fingerprint density at radius 3 is 2.50 bits per heavy atom. The van der Waals surface area contributed by atoms with Crippen LogP contribution in [0.4, 0.5) is 4.39 Å². The number of aliphatic hydroxyl groups is 1. The van der Waals surface area contributed by atoms with Crippen molar-refractivity contribution in [3.05, 3.63) is 0 Å². The first kappa shape index (κ1) is 17.0. The second kappa shape index (κ2) is 5.79. The minimum Gasteiger partial charge on any atom is -0.387 e. The van der Waals surface area contributed by atoms with Crippen LogP contribution in [0.1, 0.15) is 71.6 Å². The maximum atomic E-state index is 13.2. The summed E-state index contributed by atoms with van der Waals surface area (Å²) in [5, 5.41) is 10.4. The highest BCUT2D eigenvalue weighted by Crippen LogP contribution is 2.64. The minimum atomic E-state index is -1.04. The average molecular weight is 336 g/mol. The van der Waals surface area contributed by atoms with Crippen LogP contribution in [0.5, 0.6) is 0 Å². The third-order valence-electron chi connectivity index (χ3n) is 8.84. The summed E-state index contributed by atoms with van der Waals surface area (Å²) in [7, 11) is 0. The molecule has 0 aliphatic heterocycles. The van der Waals surface area contributed by atoms with E-state index in [1.54, 1.807) is 6.92 Å². The zero-order valence-corrected chi connectivity index (χ0v) is 15.3. The molecule has 4 rings (SSSR count). The van der Waals surface area contributed by atoms with Crippen molar-refractivity contribution >= 4 is 5.78 Å². The van der Waals surface area contributed by atoms with Crippen molar-refractivity contribution in [2.24, 2.45) is 40.9 Å². The number of hydrogen-bond donors (Lipinski definition) is 1. The van der Waals surface area contributed by atoms with E-state index in [2.05, 4.69) is 6.92 Å². The van der Waals surface area contributed by atoms with Crippen LogP contribution in [0, 0.1) is 40.9 Å². The third-order valence-corrected chi connectivity index (χ3v) is 8.84. The Hall–Kier alpha value is -0.440. The maximum absolute atomic E-state index is 13.2. The highest BCUT2D eigenvalue weighted by atomic mass is 19.1. The van der Waals surface area contributed by atoms with Crippen molar-refractivity contribution in [3.63, 3.8) is 0 Å². The van der Waals surface area contributed by atoms with Gasteiger partial charge < -0.3 is 5.11 Å². The van der Waals surface area contributed by atoms with Crippen LogP contribution in [-0.2, 0) is 4.79 Å². The number of alkyl halides is 1. The molecule has 0 aromatic rings. The molecule has 4 aliphatic carbocycles. The summed E-state index contributed by atoms with van der Waals surface area (Å²) in [6, 6.07) is 0. The van der Waals surface area contributed by atoms with E-state index < -0.39 is 12.3 Å². The summed E-state index contributed by atoms with van der Waals surface area (Å²) in [5.74, 6) is 4.14. The first-order chi connectivity index (χ1) is 11.4. The van der Waals surface area contributed by atoms with Gasteiger partial charge in [-0.25, -0.2) is 4.39 Å². The Labute approximate surface area is 145 Å². The van der Waals surface area contributed by atoms with Crippen molar-refractivity contribution in [1.29, 1.82) is 0 Å². The Bertz CT molecular complexity index is 520. The molecule has 0 spiro atoms. The number of fused-ring (bicyclic) bond motifs is 5. The van der Waals surface area contributed by atoms with Gasteiger partial charge in [0.15, 0.2) is 0 Å². The van der Waals surface area contributed by atoms with Crippen LogP contribution < -0.4 is 0 Å².